The van der Waals surface area contributed by atoms with Crippen molar-refractivity contribution in [2.24, 2.45) is 0 Å². The second-order valence-corrected chi connectivity index (χ2v) is 4.75. The van der Waals surface area contributed by atoms with Crippen LogP contribution in [-0.2, 0) is 0 Å². The van der Waals surface area contributed by atoms with Gasteiger partial charge in [-0.1, -0.05) is 24.1 Å². The van der Waals surface area contributed by atoms with E-state index in [9.17, 15) is 0 Å². The molecule has 0 heterocycles. The third-order valence-electron chi connectivity index (χ3n) is 2.49. The third-order valence-corrected chi connectivity index (χ3v) is 2.49. The Labute approximate surface area is 105 Å². The highest BCUT2D eigenvalue weighted by atomic mass is 16.3. The van der Waals surface area contributed by atoms with Crippen LogP contribution in [0.1, 0.15) is 33.3 Å². The van der Waals surface area contributed by atoms with Crippen molar-refractivity contribution in [3.05, 3.63) is 35.9 Å². The first-order valence-corrected chi connectivity index (χ1v) is 5.40. The summed E-state index contributed by atoms with van der Waals surface area (Å²) in [7, 11) is 5.00. The van der Waals surface area contributed by atoms with E-state index in [1.165, 1.54) is 0 Å². The van der Waals surface area contributed by atoms with Crippen molar-refractivity contribution in [1.29, 1.82) is 0 Å². The van der Waals surface area contributed by atoms with Crippen LogP contribution in [-0.4, -0.2) is 29.3 Å². The normalized spacial score (nSPS) is 10.7. The maximum absolute atomic E-state index is 9.10. The number of rotatable bonds is 1. The van der Waals surface area contributed by atoms with Crippen molar-refractivity contribution in [2.45, 2.75) is 38.9 Å². The van der Waals surface area contributed by atoms with Gasteiger partial charge in [0.05, 0.1) is 11.2 Å². The summed E-state index contributed by atoms with van der Waals surface area (Å²) in [6.45, 7) is 6.31. The highest BCUT2D eigenvalue weighted by Gasteiger charge is 2.31. The van der Waals surface area contributed by atoms with Crippen molar-refractivity contribution in [1.82, 2.24) is 0 Å². The highest BCUT2D eigenvalue weighted by Crippen LogP contribution is 2.19. The molecule has 0 atom stereocenters. The monoisotopic (exact) mass is 230 g/mol. The molecule has 0 aromatic heterocycles. The molecular weight excluding hydrogens is 211 g/mol. The van der Waals surface area contributed by atoms with Crippen LogP contribution in [0.25, 0.3) is 0 Å². The second kappa shape index (κ2) is 6.49. The molecule has 0 bridgehead atoms. The van der Waals surface area contributed by atoms with E-state index in [4.69, 9.17) is 18.1 Å². The predicted molar refractivity (Wildman–Crippen MR) is 71.7 cm³/mol. The van der Waals surface area contributed by atoms with Gasteiger partial charge in [-0.3, -0.25) is 0 Å². The summed E-state index contributed by atoms with van der Waals surface area (Å²) in [5.41, 5.74) is -1.06. The van der Waals surface area contributed by atoms with Crippen LogP contribution >= 0.6 is 0 Å². The minimum absolute atomic E-state index is 0.958. The Kier molecular flexibility index (Phi) is 6.02. The summed E-state index contributed by atoms with van der Waals surface area (Å²) in [6, 6.07) is 9.64. The van der Waals surface area contributed by atoms with Crippen LogP contribution in [0, 0.1) is 11.7 Å². The Bertz CT molecular complexity index is 363. The van der Waals surface area contributed by atoms with E-state index in [1.807, 2.05) is 30.3 Å². The van der Waals surface area contributed by atoms with E-state index >= 15 is 0 Å². The Balaban J connectivity index is 0.000000304. The molecule has 1 rings (SSSR count). The molecule has 2 radical (unpaired) electrons. The van der Waals surface area contributed by atoms with Crippen LogP contribution in [0.3, 0.4) is 0 Å². The lowest BCUT2D eigenvalue weighted by Crippen LogP contribution is -2.44. The molecule has 90 valence electrons. The lowest BCUT2D eigenvalue weighted by atomic mass is 9.90. The van der Waals surface area contributed by atoms with Crippen molar-refractivity contribution >= 4 is 7.85 Å². The molecule has 0 aliphatic heterocycles. The van der Waals surface area contributed by atoms with Crippen LogP contribution in [0.4, 0.5) is 0 Å². The van der Waals surface area contributed by atoms with E-state index in [-0.39, 0.29) is 0 Å². The molecular formula is C14H19BO2. The van der Waals surface area contributed by atoms with E-state index in [2.05, 4.69) is 11.7 Å². The molecule has 0 amide bonds. The van der Waals surface area contributed by atoms with Gasteiger partial charge in [-0.05, 0) is 39.8 Å². The smallest absolute Gasteiger partial charge is 0.188 e. The standard InChI is InChI=1S/C8H5B.C6H14O2/c9-7-6-8-4-2-1-3-5-8;1-5(2,7)6(3,4)8/h1-5H;7-8H,1-4H3. The van der Waals surface area contributed by atoms with Gasteiger partial charge in [0.1, 0.15) is 0 Å². The summed E-state index contributed by atoms with van der Waals surface area (Å²) >= 11 is 0. The average molecular weight is 230 g/mol. The maximum atomic E-state index is 9.10. The largest absolute Gasteiger partial charge is 0.387 e. The SMILES string of the molecule is CC(C)(O)C(C)(C)O.[B]C#Cc1ccccc1. The van der Waals surface area contributed by atoms with Crippen LogP contribution in [0.5, 0.6) is 0 Å². The Morgan fingerprint density at radius 2 is 1.35 bits per heavy atom. The van der Waals surface area contributed by atoms with E-state index in [0.29, 0.717) is 0 Å². The Morgan fingerprint density at radius 3 is 1.65 bits per heavy atom. The minimum atomic E-state index is -1.01. The molecule has 1 aromatic carbocycles. The van der Waals surface area contributed by atoms with E-state index < -0.39 is 11.2 Å². The van der Waals surface area contributed by atoms with Crippen molar-refractivity contribution < 1.29 is 10.2 Å². The molecule has 2 nitrogen and oxygen atoms in total. The van der Waals surface area contributed by atoms with Gasteiger partial charge in [0.15, 0.2) is 7.85 Å². The molecule has 3 heteroatoms. The van der Waals surface area contributed by atoms with Gasteiger partial charge < -0.3 is 10.2 Å². The fourth-order valence-corrected chi connectivity index (χ4v) is 0.605. The van der Waals surface area contributed by atoms with Gasteiger partial charge in [-0.25, -0.2) is 0 Å². The fraction of sp³-hybridized carbons (Fsp3) is 0.429. The first kappa shape index (κ1) is 15.8. The van der Waals surface area contributed by atoms with Crippen LogP contribution in [0.15, 0.2) is 30.3 Å². The minimum Gasteiger partial charge on any atom is -0.387 e. The first-order valence-electron chi connectivity index (χ1n) is 5.40. The molecule has 0 unspecified atom stereocenters. The van der Waals surface area contributed by atoms with Crippen molar-refractivity contribution in [3.63, 3.8) is 0 Å². The molecule has 0 saturated heterocycles. The third kappa shape index (κ3) is 6.83. The van der Waals surface area contributed by atoms with E-state index in [0.717, 1.165) is 5.56 Å². The molecule has 17 heavy (non-hydrogen) atoms. The number of hydrogen-bond acceptors (Lipinski definition) is 2. The molecule has 0 aliphatic carbocycles. The summed E-state index contributed by atoms with van der Waals surface area (Å²) in [6.07, 6.45) is 0. The van der Waals surface area contributed by atoms with Gasteiger partial charge in [0, 0.05) is 5.56 Å². The second-order valence-electron chi connectivity index (χ2n) is 4.75. The molecule has 0 saturated carbocycles. The molecule has 2 N–H and O–H groups in total. The van der Waals surface area contributed by atoms with Gasteiger partial charge in [-0.2, -0.15) is 5.82 Å². The fourth-order valence-electron chi connectivity index (χ4n) is 0.605. The van der Waals surface area contributed by atoms with E-state index in [1.54, 1.807) is 27.7 Å². The zero-order valence-corrected chi connectivity index (χ0v) is 10.9. The average Bonchev–Trinajstić information content (AvgIpc) is 2.17. The summed E-state index contributed by atoms with van der Waals surface area (Å²) < 4.78 is 0. The topological polar surface area (TPSA) is 40.5 Å². The predicted octanol–water partition coefficient (Wildman–Crippen LogP) is 1.69. The molecule has 1 aromatic rings. The first-order chi connectivity index (χ1) is 7.68. The number of aliphatic hydroxyl groups is 2. The van der Waals surface area contributed by atoms with Crippen molar-refractivity contribution in [2.75, 3.05) is 0 Å². The lowest BCUT2D eigenvalue weighted by molar-refractivity contribution is -0.107. The molecule has 0 spiro atoms. The van der Waals surface area contributed by atoms with Crippen molar-refractivity contribution in [3.8, 4) is 11.7 Å². The molecule has 0 fully saturated rings. The summed E-state index contributed by atoms with van der Waals surface area (Å²) in [4.78, 5) is 0. The summed E-state index contributed by atoms with van der Waals surface area (Å²) in [5.74, 6) is 5.07. The summed E-state index contributed by atoms with van der Waals surface area (Å²) in [5, 5.41) is 18.2. The Morgan fingerprint density at radius 1 is 0.941 bits per heavy atom. The number of hydrogen-bond donors (Lipinski definition) is 2. The maximum Gasteiger partial charge on any atom is 0.188 e. The quantitative estimate of drug-likeness (QED) is 0.569. The number of benzene rings is 1. The van der Waals surface area contributed by atoms with Gasteiger partial charge in [0.25, 0.3) is 0 Å². The highest BCUT2D eigenvalue weighted by molar-refractivity contribution is 6.22. The zero-order valence-electron chi connectivity index (χ0n) is 10.9. The van der Waals surface area contributed by atoms with Gasteiger partial charge >= 0.3 is 0 Å². The van der Waals surface area contributed by atoms with Gasteiger partial charge in [0.2, 0.25) is 0 Å². The molecule has 0 aliphatic rings. The Hall–Kier alpha value is -1.24. The van der Waals surface area contributed by atoms with Crippen LogP contribution < -0.4 is 0 Å². The lowest BCUT2D eigenvalue weighted by Gasteiger charge is -2.31. The van der Waals surface area contributed by atoms with Gasteiger partial charge in [-0.15, -0.1) is 0 Å². The zero-order chi connectivity index (χ0) is 13.5. The van der Waals surface area contributed by atoms with Crippen LogP contribution in [0.2, 0.25) is 0 Å².